The van der Waals surface area contributed by atoms with Gasteiger partial charge >= 0.3 is 0 Å². The number of para-hydroxylation sites is 1. The summed E-state index contributed by atoms with van der Waals surface area (Å²) in [5, 5.41) is 6.85. The van der Waals surface area contributed by atoms with Crippen molar-refractivity contribution in [3.63, 3.8) is 0 Å². The van der Waals surface area contributed by atoms with E-state index in [2.05, 4.69) is 71.7 Å². The minimum Gasteiger partial charge on any atom is -0.372 e. The molecule has 2 N–H and O–H groups in total. The predicted octanol–water partition coefficient (Wildman–Crippen LogP) is 2.41. The molecule has 140 valence electrons. The highest BCUT2D eigenvalue weighted by Crippen LogP contribution is 2.14. The van der Waals surface area contributed by atoms with Gasteiger partial charge < -0.3 is 20.4 Å². The lowest BCUT2D eigenvalue weighted by atomic mass is 10.1. The van der Waals surface area contributed by atoms with Crippen LogP contribution >= 0.6 is 0 Å². The van der Waals surface area contributed by atoms with Crippen molar-refractivity contribution in [3.05, 3.63) is 30.3 Å². The van der Waals surface area contributed by atoms with Crippen LogP contribution in [0.5, 0.6) is 0 Å². The highest BCUT2D eigenvalue weighted by atomic mass is 15.2. The summed E-state index contributed by atoms with van der Waals surface area (Å²) in [7, 11) is 2.19. The third kappa shape index (κ3) is 6.94. The van der Waals surface area contributed by atoms with Crippen molar-refractivity contribution in [2.24, 2.45) is 10.9 Å². The summed E-state index contributed by atoms with van der Waals surface area (Å²) in [5.41, 5.74) is 1.30. The highest BCUT2D eigenvalue weighted by molar-refractivity contribution is 5.79. The van der Waals surface area contributed by atoms with Crippen molar-refractivity contribution < 1.29 is 0 Å². The molecule has 1 aliphatic heterocycles. The Bertz CT molecular complexity index is 502. The lowest BCUT2D eigenvalue weighted by Gasteiger charge is -2.23. The summed E-state index contributed by atoms with van der Waals surface area (Å²) < 4.78 is 0. The Labute approximate surface area is 153 Å². The average Bonchev–Trinajstić information content (AvgIpc) is 3.05. The molecule has 25 heavy (non-hydrogen) atoms. The normalized spacial score (nSPS) is 18.4. The van der Waals surface area contributed by atoms with Gasteiger partial charge in [-0.15, -0.1) is 0 Å². The Hall–Kier alpha value is -1.75. The van der Waals surface area contributed by atoms with Crippen LogP contribution in [0.3, 0.4) is 0 Å². The number of hydrogen-bond acceptors (Lipinski definition) is 3. The Morgan fingerprint density at radius 1 is 1.24 bits per heavy atom. The molecular formula is C20H35N5. The van der Waals surface area contributed by atoms with Crippen LogP contribution in [0.15, 0.2) is 35.3 Å². The van der Waals surface area contributed by atoms with E-state index in [1.165, 1.54) is 25.2 Å². The second-order valence-electron chi connectivity index (χ2n) is 6.83. The monoisotopic (exact) mass is 345 g/mol. The largest absolute Gasteiger partial charge is 0.372 e. The maximum absolute atomic E-state index is 4.78. The molecule has 2 rings (SSSR count). The zero-order valence-corrected chi connectivity index (χ0v) is 16.2. The van der Waals surface area contributed by atoms with E-state index in [4.69, 9.17) is 4.99 Å². The quantitative estimate of drug-likeness (QED) is 0.410. The summed E-state index contributed by atoms with van der Waals surface area (Å²) in [6.45, 7) is 11.6. The van der Waals surface area contributed by atoms with E-state index in [-0.39, 0.29) is 0 Å². The zero-order valence-electron chi connectivity index (χ0n) is 16.2. The first kappa shape index (κ1) is 19.6. The van der Waals surface area contributed by atoms with Gasteiger partial charge in [0, 0.05) is 45.0 Å². The number of likely N-dealkylation sites (tertiary alicyclic amines) is 1. The zero-order chi connectivity index (χ0) is 17.9. The number of aliphatic imine (C=N–C) groups is 1. The van der Waals surface area contributed by atoms with Gasteiger partial charge in [0.1, 0.15) is 0 Å². The van der Waals surface area contributed by atoms with E-state index < -0.39 is 0 Å². The summed E-state index contributed by atoms with van der Waals surface area (Å²) in [6.07, 6.45) is 2.36. The number of anilines is 1. The van der Waals surface area contributed by atoms with Gasteiger partial charge in [-0.2, -0.15) is 0 Å². The van der Waals surface area contributed by atoms with E-state index in [1.807, 2.05) is 0 Å². The Balaban J connectivity index is 1.73. The van der Waals surface area contributed by atoms with Crippen molar-refractivity contribution in [1.29, 1.82) is 0 Å². The molecule has 1 atom stereocenters. The summed E-state index contributed by atoms with van der Waals surface area (Å²) in [6, 6.07) is 10.6. The van der Waals surface area contributed by atoms with E-state index >= 15 is 0 Å². The van der Waals surface area contributed by atoms with Crippen LogP contribution in [0.4, 0.5) is 5.69 Å². The SMILES string of the molecule is CCNC(=NCC1CCN(C)C1)NCCCN(CC)c1ccccc1. The lowest BCUT2D eigenvalue weighted by Crippen LogP contribution is -2.39. The molecule has 5 heteroatoms. The topological polar surface area (TPSA) is 42.9 Å². The molecule has 1 unspecified atom stereocenters. The number of guanidine groups is 1. The van der Waals surface area contributed by atoms with Crippen LogP contribution in [-0.4, -0.2) is 63.7 Å². The van der Waals surface area contributed by atoms with Crippen LogP contribution in [0.25, 0.3) is 0 Å². The van der Waals surface area contributed by atoms with Crippen molar-refractivity contribution in [2.75, 3.05) is 57.8 Å². The van der Waals surface area contributed by atoms with Crippen molar-refractivity contribution in [1.82, 2.24) is 15.5 Å². The maximum atomic E-state index is 4.78. The van der Waals surface area contributed by atoms with Gasteiger partial charge in [-0.05, 0) is 58.3 Å². The van der Waals surface area contributed by atoms with Gasteiger partial charge in [0.25, 0.3) is 0 Å². The standard InChI is InChI=1S/C20H35N5/c1-4-21-20(23-16-18-12-15-24(3)17-18)22-13-9-14-25(5-2)19-10-7-6-8-11-19/h6-8,10-11,18H,4-5,9,12-17H2,1-3H3,(H2,21,22,23). The van der Waals surface area contributed by atoms with E-state index in [0.717, 1.165) is 45.1 Å². The van der Waals surface area contributed by atoms with Crippen LogP contribution in [0.1, 0.15) is 26.7 Å². The molecule has 0 saturated carbocycles. The fourth-order valence-electron chi connectivity index (χ4n) is 3.32. The molecule has 5 nitrogen and oxygen atoms in total. The Morgan fingerprint density at radius 3 is 2.68 bits per heavy atom. The minimum atomic E-state index is 0.703. The molecule has 0 bridgehead atoms. The lowest BCUT2D eigenvalue weighted by molar-refractivity contribution is 0.397. The van der Waals surface area contributed by atoms with E-state index in [0.29, 0.717) is 5.92 Å². The third-order valence-corrected chi connectivity index (χ3v) is 4.74. The van der Waals surface area contributed by atoms with Crippen LogP contribution in [0, 0.1) is 5.92 Å². The average molecular weight is 346 g/mol. The molecule has 0 radical (unpaired) electrons. The molecule has 0 aliphatic carbocycles. The van der Waals surface area contributed by atoms with Gasteiger partial charge in [0.15, 0.2) is 5.96 Å². The number of rotatable bonds is 9. The molecule has 1 aromatic rings. The smallest absolute Gasteiger partial charge is 0.191 e. The van der Waals surface area contributed by atoms with Gasteiger partial charge in [0.05, 0.1) is 0 Å². The molecule has 1 fully saturated rings. The predicted molar refractivity (Wildman–Crippen MR) is 109 cm³/mol. The molecular weight excluding hydrogens is 310 g/mol. The fraction of sp³-hybridized carbons (Fsp3) is 0.650. The first-order valence-corrected chi connectivity index (χ1v) is 9.73. The Morgan fingerprint density at radius 2 is 2.04 bits per heavy atom. The van der Waals surface area contributed by atoms with Crippen LogP contribution in [0.2, 0.25) is 0 Å². The van der Waals surface area contributed by atoms with Crippen LogP contribution in [-0.2, 0) is 0 Å². The van der Waals surface area contributed by atoms with Gasteiger partial charge in [0.2, 0.25) is 0 Å². The van der Waals surface area contributed by atoms with Crippen LogP contribution < -0.4 is 15.5 Å². The maximum Gasteiger partial charge on any atom is 0.191 e. The number of nitrogens with one attached hydrogen (secondary N) is 2. The van der Waals surface area contributed by atoms with E-state index in [1.54, 1.807) is 0 Å². The highest BCUT2D eigenvalue weighted by Gasteiger charge is 2.18. The number of benzene rings is 1. The summed E-state index contributed by atoms with van der Waals surface area (Å²) in [4.78, 5) is 9.59. The molecule has 1 aromatic carbocycles. The van der Waals surface area contributed by atoms with Crippen molar-refractivity contribution in [2.45, 2.75) is 26.7 Å². The number of nitrogens with zero attached hydrogens (tertiary/aromatic N) is 3. The molecule has 1 aliphatic rings. The molecule has 1 heterocycles. The first-order valence-electron chi connectivity index (χ1n) is 9.73. The third-order valence-electron chi connectivity index (χ3n) is 4.74. The minimum absolute atomic E-state index is 0.703. The second-order valence-corrected chi connectivity index (χ2v) is 6.83. The molecule has 0 spiro atoms. The molecule has 1 saturated heterocycles. The molecule has 0 aromatic heterocycles. The fourth-order valence-corrected chi connectivity index (χ4v) is 3.32. The van der Waals surface area contributed by atoms with Crippen molar-refractivity contribution >= 4 is 11.6 Å². The second kappa shape index (κ2) is 11.0. The van der Waals surface area contributed by atoms with Gasteiger partial charge in [-0.1, -0.05) is 18.2 Å². The summed E-state index contributed by atoms with van der Waals surface area (Å²) in [5.74, 6) is 1.66. The molecule has 0 amide bonds. The van der Waals surface area contributed by atoms with Gasteiger partial charge in [-0.25, -0.2) is 0 Å². The Kier molecular flexibility index (Phi) is 8.60. The van der Waals surface area contributed by atoms with E-state index in [9.17, 15) is 0 Å². The van der Waals surface area contributed by atoms with Crippen molar-refractivity contribution in [3.8, 4) is 0 Å². The first-order chi connectivity index (χ1) is 12.2. The summed E-state index contributed by atoms with van der Waals surface area (Å²) >= 11 is 0. The number of hydrogen-bond donors (Lipinski definition) is 2. The van der Waals surface area contributed by atoms with Gasteiger partial charge in [-0.3, -0.25) is 4.99 Å².